The highest BCUT2D eigenvalue weighted by Gasteiger charge is 2.31. The average Bonchev–Trinajstić information content (AvgIpc) is 3.39. The lowest BCUT2D eigenvalue weighted by atomic mass is 10.1. The molecule has 0 bridgehead atoms. The van der Waals surface area contributed by atoms with Gasteiger partial charge in [-0.3, -0.25) is 4.79 Å². The lowest BCUT2D eigenvalue weighted by Gasteiger charge is -2.21. The van der Waals surface area contributed by atoms with Crippen LogP contribution in [0.1, 0.15) is 27.2 Å². The maximum absolute atomic E-state index is 12.4. The fraction of sp³-hybridized carbons (Fsp3) is 0.966. The minimum Gasteiger partial charge on any atom is -0.444 e. The standard InChI is InChI=1S/C59H117N3O27/c1-59(2,3)89-58(64)62-55-53-56(61-54-55)57(63)60-5-6-66-9-10-68-13-14-70-17-18-72-21-22-74-25-26-76-29-30-78-33-34-80-37-38-82-41-42-84-45-46-86-49-50-88-52-51-87-48-47-85-44-43-83-40-39-81-36-35-79-32-31-77-28-27-75-24-23-73-20-19-71-16-15-69-12-11-67-8-7-65-4/h55-56,61H,5-54H2,1-4H3,(H,60,63)(H,62,64). The molecule has 1 rings (SSSR count). The molecular formula is C59H117N3O27. The predicted octanol–water partition coefficient (Wildman–Crippen LogP) is 0.386. The smallest absolute Gasteiger partial charge is 0.407 e. The Kier molecular flexibility index (Phi) is 66.7. The van der Waals surface area contributed by atoms with Crippen molar-refractivity contribution in [1.82, 2.24) is 16.0 Å². The van der Waals surface area contributed by atoms with Crippen LogP contribution in [0.3, 0.4) is 0 Å². The molecule has 1 saturated heterocycles. The molecule has 2 atom stereocenters. The summed E-state index contributed by atoms with van der Waals surface area (Å²) in [6.45, 7) is 29.0. The molecule has 0 spiro atoms. The quantitative estimate of drug-likeness (QED) is 0.0694. The summed E-state index contributed by atoms with van der Waals surface area (Å²) in [5.41, 5.74) is -0.574. The topological polar surface area (TPSA) is 301 Å². The van der Waals surface area contributed by atoms with Gasteiger partial charge in [0.2, 0.25) is 5.91 Å². The summed E-state index contributed by atoms with van der Waals surface area (Å²) < 4.78 is 137. The van der Waals surface area contributed by atoms with E-state index in [1.807, 2.05) is 0 Å². The summed E-state index contributed by atoms with van der Waals surface area (Å²) in [7, 11) is 1.64. The largest absolute Gasteiger partial charge is 0.444 e. The van der Waals surface area contributed by atoms with Gasteiger partial charge in [-0.15, -0.1) is 0 Å². The van der Waals surface area contributed by atoms with Gasteiger partial charge in [0.15, 0.2) is 0 Å². The molecule has 3 N–H and O–H groups in total. The Morgan fingerprint density at radius 1 is 0.315 bits per heavy atom. The number of carbonyl (C=O) groups is 2. The van der Waals surface area contributed by atoms with Crippen LogP contribution in [0.25, 0.3) is 0 Å². The van der Waals surface area contributed by atoms with Crippen LogP contribution in [-0.4, -0.2) is 360 Å². The number of nitrogens with one attached hydrogen (secondary N) is 3. The molecule has 0 aromatic rings. The maximum atomic E-state index is 12.4. The highest BCUT2D eigenvalue weighted by atomic mass is 16.6. The molecule has 0 saturated carbocycles. The number of hydrogen-bond donors (Lipinski definition) is 3. The van der Waals surface area contributed by atoms with Crippen molar-refractivity contribution in [3.8, 4) is 0 Å². The Balaban J connectivity index is 1.61. The highest BCUT2D eigenvalue weighted by molar-refractivity contribution is 5.82. The zero-order valence-electron chi connectivity index (χ0n) is 54.5. The van der Waals surface area contributed by atoms with Crippen LogP contribution >= 0.6 is 0 Å². The van der Waals surface area contributed by atoms with Gasteiger partial charge in [-0.05, 0) is 27.2 Å². The van der Waals surface area contributed by atoms with Crippen molar-refractivity contribution < 1.29 is 128 Å². The van der Waals surface area contributed by atoms with E-state index >= 15 is 0 Å². The van der Waals surface area contributed by atoms with Gasteiger partial charge >= 0.3 is 6.09 Å². The van der Waals surface area contributed by atoms with Gasteiger partial charge in [0.25, 0.3) is 0 Å². The van der Waals surface area contributed by atoms with Crippen molar-refractivity contribution in [1.29, 1.82) is 0 Å². The number of rotatable bonds is 74. The van der Waals surface area contributed by atoms with E-state index in [1.165, 1.54) is 0 Å². The normalized spacial score (nSPS) is 14.3. The Hall–Kier alpha value is -2.26. The zero-order chi connectivity index (χ0) is 64.0. The number of amides is 2. The number of ether oxygens (including phenoxy) is 25. The molecule has 1 aliphatic heterocycles. The lowest BCUT2D eigenvalue weighted by Crippen LogP contribution is -2.41. The van der Waals surface area contributed by atoms with Gasteiger partial charge in [-0.25, -0.2) is 4.79 Å². The van der Waals surface area contributed by atoms with Crippen LogP contribution in [0.4, 0.5) is 4.79 Å². The van der Waals surface area contributed by atoms with E-state index in [0.717, 1.165) is 0 Å². The fourth-order valence-electron chi connectivity index (χ4n) is 6.97. The van der Waals surface area contributed by atoms with E-state index in [9.17, 15) is 9.59 Å². The molecule has 0 radical (unpaired) electrons. The van der Waals surface area contributed by atoms with Crippen molar-refractivity contribution in [2.75, 3.05) is 331 Å². The van der Waals surface area contributed by atoms with Crippen LogP contribution in [0.15, 0.2) is 0 Å². The second-order valence-corrected chi connectivity index (χ2v) is 19.9. The van der Waals surface area contributed by atoms with Crippen LogP contribution in [0.2, 0.25) is 0 Å². The number of alkyl carbamates (subject to hydrolysis) is 1. The van der Waals surface area contributed by atoms with Gasteiger partial charge in [-0.2, -0.15) is 0 Å². The second kappa shape index (κ2) is 70.1. The monoisotopic (exact) mass is 1300 g/mol. The highest BCUT2D eigenvalue weighted by Crippen LogP contribution is 2.10. The van der Waals surface area contributed by atoms with Crippen LogP contribution in [0.5, 0.6) is 0 Å². The van der Waals surface area contributed by atoms with Gasteiger partial charge in [0.1, 0.15) is 5.60 Å². The fourth-order valence-corrected chi connectivity index (χ4v) is 6.97. The van der Waals surface area contributed by atoms with Crippen LogP contribution in [-0.2, 0) is 123 Å². The second-order valence-electron chi connectivity index (χ2n) is 19.9. The molecule has 0 aliphatic carbocycles. The van der Waals surface area contributed by atoms with E-state index in [-0.39, 0.29) is 18.0 Å². The first-order valence-electron chi connectivity index (χ1n) is 31.6. The predicted molar refractivity (Wildman–Crippen MR) is 323 cm³/mol. The van der Waals surface area contributed by atoms with E-state index in [0.29, 0.717) is 330 Å². The first-order valence-corrected chi connectivity index (χ1v) is 31.6. The van der Waals surface area contributed by atoms with Gasteiger partial charge < -0.3 is 134 Å². The maximum Gasteiger partial charge on any atom is 0.407 e. The summed E-state index contributed by atoms with van der Waals surface area (Å²) in [5, 5.41) is 8.76. The average molecular weight is 1300 g/mol. The third-order valence-electron chi connectivity index (χ3n) is 11.3. The zero-order valence-corrected chi connectivity index (χ0v) is 54.5. The van der Waals surface area contributed by atoms with E-state index in [2.05, 4.69) is 16.0 Å². The van der Waals surface area contributed by atoms with E-state index in [4.69, 9.17) is 118 Å². The van der Waals surface area contributed by atoms with Crippen LogP contribution in [0, 0.1) is 0 Å². The Bertz CT molecular complexity index is 1440. The first kappa shape index (κ1) is 84.8. The van der Waals surface area contributed by atoms with Crippen molar-refractivity contribution in [3.63, 3.8) is 0 Å². The Morgan fingerprint density at radius 3 is 0.697 bits per heavy atom. The number of carbonyl (C=O) groups excluding carboxylic acids is 2. The molecule has 30 nitrogen and oxygen atoms in total. The number of methoxy groups -OCH3 is 1. The minimum absolute atomic E-state index is 0.128. The molecule has 1 aliphatic rings. The van der Waals surface area contributed by atoms with Crippen molar-refractivity contribution >= 4 is 12.0 Å². The van der Waals surface area contributed by atoms with Crippen molar-refractivity contribution in [2.45, 2.75) is 44.9 Å². The minimum atomic E-state index is -0.574. The summed E-state index contributed by atoms with van der Waals surface area (Å²) >= 11 is 0. The van der Waals surface area contributed by atoms with Gasteiger partial charge in [0, 0.05) is 26.2 Å². The summed E-state index contributed by atoms with van der Waals surface area (Å²) in [6.07, 6.45) is 0.00546. The molecule has 89 heavy (non-hydrogen) atoms. The number of hydrogen-bond acceptors (Lipinski definition) is 28. The molecule has 2 unspecified atom stereocenters. The SMILES string of the molecule is COCCOCCOCCOCCOCCOCCOCCOCCOCCOCCOCCOCCOCCOCCOCCOCCOCCOCCOCCOCCOCCOCCOCCOCCNC(=O)C1CC(NC(=O)OC(C)(C)C)CN1. The molecule has 530 valence electrons. The molecular weight excluding hydrogens is 1180 g/mol. The van der Waals surface area contributed by atoms with E-state index in [1.54, 1.807) is 27.9 Å². The molecule has 2 amide bonds. The Morgan fingerprint density at radius 2 is 0.506 bits per heavy atom. The van der Waals surface area contributed by atoms with Crippen molar-refractivity contribution in [3.05, 3.63) is 0 Å². The molecule has 30 heteroatoms. The summed E-state index contributed by atoms with van der Waals surface area (Å²) in [4.78, 5) is 24.4. The third-order valence-corrected chi connectivity index (χ3v) is 11.3. The molecule has 0 aromatic heterocycles. The molecule has 1 fully saturated rings. The summed E-state index contributed by atoms with van der Waals surface area (Å²) in [6, 6.07) is -0.539. The molecule has 1 heterocycles. The summed E-state index contributed by atoms with van der Waals surface area (Å²) in [5.74, 6) is -0.128. The van der Waals surface area contributed by atoms with Crippen LogP contribution < -0.4 is 16.0 Å². The van der Waals surface area contributed by atoms with E-state index < -0.39 is 11.7 Å². The third kappa shape index (κ3) is 68.4. The van der Waals surface area contributed by atoms with Crippen molar-refractivity contribution in [2.24, 2.45) is 0 Å². The first-order chi connectivity index (χ1) is 43.8. The Labute approximate surface area is 530 Å². The lowest BCUT2D eigenvalue weighted by molar-refractivity contribution is -0.123. The van der Waals surface area contributed by atoms with Gasteiger partial charge in [0.05, 0.1) is 317 Å². The van der Waals surface area contributed by atoms with Gasteiger partial charge in [-0.1, -0.05) is 0 Å². The molecule has 0 aromatic carbocycles.